The summed E-state index contributed by atoms with van der Waals surface area (Å²) in [4.78, 5) is 25.3. The first-order chi connectivity index (χ1) is 12.5. The fourth-order valence-electron chi connectivity index (χ4n) is 2.99. The van der Waals surface area contributed by atoms with Crippen LogP contribution in [0.1, 0.15) is 24.3 Å². The van der Waals surface area contributed by atoms with E-state index in [1.165, 1.54) is 11.0 Å². The molecule has 0 saturated carbocycles. The van der Waals surface area contributed by atoms with Gasteiger partial charge < -0.3 is 14.7 Å². The van der Waals surface area contributed by atoms with E-state index in [0.717, 1.165) is 12.1 Å². The number of fused-ring (bicyclic) bond motifs is 1. The molecule has 0 bridgehead atoms. The second-order valence-corrected chi connectivity index (χ2v) is 5.98. The Bertz CT molecular complexity index is 840. The first kappa shape index (κ1) is 17.8. The molecule has 0 radical (unpaired) electrons. The lowest BCUT2D eigenvalue weighted by molar-refractivity contribution is -0.138. The molecule has 136 valence electrons. The van der Waals surface area contributed by atoms with Crippen LogP contribution < -0.4 is 9.64 Å². The van der Waals surface area contributed by atoms with Crippen LogP contribution in [0.5, 0.6) is 5.75 Å². The highest BCUT2D eigenvalue weighted by molar-refractivity contribution is 5.98. The van der Waals surface area contributed by atoms with Crippen LogP contribution in [0.2, 0.25) is 0 Å². The zero-order valence-corrected chi connectivity index (χ0v) is 13.8. The maximum atomic E-state index is 13.5. The number of benzene rings is 2. The van der Waals surface area contributed by atoms with Crippen molar-refractivity contribution in [2.24, 2.45) is 0 Å². The van der Waals surface area contributed by atoms with E-state index >= 15 is 0 Å². The quantitative estimate of drug-likeness (QED) is 0.802. The number of hydrogen-bond acceptors (Lipinski definition) is 3. The van der Waals surface area contributed by atoms with E-state index < -0.39 is 23.5 Å². The van der Waals surface area contributed by atoms with Crippen LogP contribution >= 0.6 is 0 Å². The van der Waals surface area contributed by atoms with Gasteiger partial charge in [-0.05, 0) is 30.2 Å². The van der Waals surface area contributed by atoms with Gasteiger partial charge in [-0.1, -0.05) is 18.2 Å². The molecule has 0 fully saturated rings. The molecule has 1 amide bonds. The molecule has 1 unspecified atom stereocenters. The third-order valence-corrected chi connectivity index (χ3v) is 4.25. The molecule has 1 aliphatic rings. The van der Waals surface area contributed by atoms with E-state index in [2.05, 4.69) is 0 Å². The number of carboxylic acids is 1. The molecule has 0 aliphatic carbocycles. The molecule has 3 rings (SSSR count). The minimum atomic E-state index is -0.970. The first-order valence-corrected chi connectivity index (χ1v) is 8.17. The highest BCUT2D eigenvalue weighted by Gasteiger charge is 2.35. The fraction of sp³-hybridized carbons (Fsp3) is 0.263. The number of nitrogens with zero attached hydrogens (tertiary/aromatic N) is 1. The van der Waals surface area contributed by atoms with Crippen molar-refractivity contribution in [1.82, 2.24) is 0 Å². The van der Waals surface area contributed by atoms with Crippen molar-refractivity contribution in [3.63, 3.8) is 0 Å². The molecule has 1 heterocycles. The smallest absolute Gasteiger partial charge is 0.312 e. The molecule has 0 spiro atoms. The fourth-order valence-corrected chi connectivity index (χ4v) is 2.99. The summed E-state index contributed by atoms with van der Waals surface area (Å²) in [7, 11) is 0. The van der Waals surface area contributed by atoms with Gasteiger partial charge >= 0.3 is 5.97 Å². The maximum absolute atomic E-state index is 13.5. The Morgan fingerprint density at radius 3 is 2.69 bits per heavy atom. The van der Waals surface area contributed by atoms with E-state index in [0.29, 0.717) is 17.7 Å². The Morgan fingerprint density at radius 1 is 1.19 bits per heavy atom. The van der Waals surface area contributed by atoms with Crippen LogP contribution in [0.4, 0.5) is 14.5 Å². The Kier molecular flexibility index (Phi) is 5.16. The van der Waals surface area contributed by atoms with Crippen molar-refractivity contribution < 1.29 is 28.2 Å². The van der Waals surface area contributed by atoms with Crippen molar-refractivity contribution in [2.75, 3.05) is 18.1 Å². The number of amides is 1. The molecule has 7 heteroatoms. The Morgan fingerprint density at radius 2 is 1.96 bits per heavy atom. The number of carboxylic acid groups (broad SMARTS) is 1. The summed E-state index contributed by atoms with van der Waals surface area (Å²) in [6.45, 7) is 0.188. The molecular weight excluding hydrogens is 344 g/mol. The Labute approximate surface area is 148 Å². The summed E-state index contributed by atoms with van der Waals surface area (Å²) >= 11 is 0. The molecular formula is C19H17F2NO4. The second-order valence-electron chi connectivity index (χ2n) is 5.98. The van der Waals surface area contributed by atoms with Gasteiger partial charge in [-0.2, -0.15) is 0 Å². The summed E-state index contributed by atoms with van der Waals surface area (Å²) in [5.41, 5.74) is 1.23. The lowest BCUT2D eigenvalue weighted by Crippen LogP contribution is -2.31. The molecule has 26 heavy (non-hydrogen) atoms. The molecule has 1 aliphatic heterocycles. The van der Waals surface area contributed by atoms with Crippen molar-refractivity contribution in [2.45, 2.75) is 18.8 Å². The van der Waals surface area contributed by atoms with Gasteiger partial charge in [0.2, 0.25) is 5.91 Å². The molecule has 1 N–H and O–H groups in total. The highest BCUT2D eigenvalue weighted by atomic mass is 19.1. The average Bonchev–Trinajstić information content (AvgIpc) is 3.00. The summed E-state index contributed by atoms with van der Waals surface area (Å²) < 4.78 is 31.5. The molecule has 2 aromatic rings. The van der Waals surface area contributed by atoms with E-state index in [-0.39, 0.29) is 31.2 Å². The van der Waals surface area contributed by atoms with Gasteiger partial charge in [-0.3, -0.25) is 9.59 Å². The van der Waals surface area contributed by atoms with Crippen molar-refractivity contribution in [1.29, 1.82) is 0 Å². The lowest BCUT2D eigenvalue weighted by Gasteiger charge is -2.17. The maximum Gasteiger partial charge on any atom is 0.312 e. The third kappa shape index (κ3) is 3.66. The zero-order valence-electron chi connectivity index (χ0n) is 13.8. The largest absolute Gasteiger partial charge is 0.491 e. The van der Waals surface area contributed by atoms with Crippen LogP contribution in [0.3, 0.4) is 0 Å². The van der Waals surface area contributed by atoms with Crippen LogP contribution in [0.15, 0.2) is 42.5 Å². The average molecular weight is 361 g/mol. The highest BCUT2D eigenvalue weighted by Crippen LogP contribution is 2.36. The summed E-state index contributed by atoms with van der Waals surface area (Å²) in [5, 5.41) is 9.33. The summed E-state index contributed by atoms with van der Waals surface area (Å²) in [5.74, 6) is -3.48. The number of para-hydroxylation sites is 1. The van der Waals surface area contributed by atoms with Crippen LogP contribution in [0, 0.1) is 11.6 Å². The normalized spacial score (nSPS) is 15.6. The molecule has 0 saturated heterocycles. The van der Waals surface area contributed by atoms with Gasteiger partial charge in [0.25, 0.3) is 0 Å². The van der Waals surface area contributed by atoms with Crippen molar-refractivity contribution >= 4 is 17.6 Å². The first-order valence-electron chi connectivity index (χ1n) is 8.17. The number of anilines is 1. The lowest BCUT2D eigenvalue weighted by atomic mass is 10.0. The monoisotopic (exact) mass is 361 g/mol. The van der Waals surface area contributed by atoms with Crippen LogP contribution in [-0.4, -0.2) is 30.1 Å². The van der Waals surface area contributed by atoms with Gasteiger partial charge in [0, 0.05) is 24.7 Å². The standard InChI is InChI=1S/C19H17F2NO4/c20-12-7-8-17(15(21)10-12)26-9-3-6-18(23)22-11-14(19(24)25)13-4-1-2-5-16(13)22/h1-2,4-5,7-8,10,14H,3,6,9,11H2,(H,24,25). The van der Waals surface area contributed by atoms with E-state index in [1.54, 1.807) is 24.3 Å². The summed E-state index contributed by atoms with van der Waals surface area (Å²) in [6, 6.07) is 9.95. The zero-order chi connectivity index (χ0) is 18.7. The molecule has 5 nitrogen and oxygen atoms in total. The number of aliphatic carboxylic acids is 1. The predicted molar refractivity (Wildman–Crippen MR) is 90.3 cm³/mol. The Hall–Kier alpha value is -2.96. The third-order valence-electron chi connectivity index (χ3n) is 4.25. The van der Waals surface area contributed by atoms with E-state index in [9.17, 15) is 23.5 Å². The second kappa shape index (κ2) is 7.51. The summed E-state index contributed by atoms with van der Waals surface area (Å²) in [6.07, 6.45) is 0.454. The number of carbonyl (C=O) groups excluding carboxylic acids is 1. The number of halogens is 2. The van der Waals surface area contributed by atoms with E-state index in [4.69, 9.17) is 4.74 Å². The minimum absolute atomic E-state index is 0.0729. The number of rotatable bonds is 6. The van der Waals surface area contributed by atoms with Gasteiger partial charge in [-0.15, -0.1) is 0 Å². The van der Waals surface area contributed by atoms with Crippen LogP contribution in [0.25, 0.3) is 0 Å². The van der Waals surface area contributed by atoms with Crippen molar-refractivity contribution in [3.05, 3.63) is 59.7 Å². The Balaban J connectivity index is 1.56. The number of ether oxygens (including phenoxy) is 1. The minimum Gasteiger partial charge on any atom is -0.491 e. The molecule has 0 aromatic heterocycles. The predicted octanol–water partition coefficient (Wildman–Crippen LogP) is 3.34. The molecule has 1 atom stereocenters. The van der Waals surface area contributed by atoms with Crippen LogP contribution in [-0.2, 0) is 9.59 Å². The number of hydrogen-bond donors (Lipinski definition) is 1. The van der Waals surface area contributed by atoms with E-state index in [1.807, 2.05) is 0 Å². The van der Waals surface area contributed by atoms with Gasteiger partial charge in [0.05, 0.1) is 6.61 Å². The number of carbonyl (C=O) groups is 2. The van der Waals surface area contributed by atoms with Gasteiger partial charge in [0.1, 0.15) is 11.7 Å². The topological polar surface area (TPSA) is 66.8 Å². The van der Waals surface area contributed by atoms with Gasteiger partial charge in [-0.25, -0.2) is 8.78 Å². The molecule has 2 aromatic carbocycles. The SMILES string of the molecule is O=C(O)C1CN(C(=O)CCCOc2ccc(F)cc2F)c2ccccc21. The van der Waals surface area contributed by atoms with Crippen molar-refractivity contribution in [3.8, 4) is 5.75 Å². The van der Waals surface area contributed by atoms with Gasteiger partial charge in [0.15, 0.2) is 11.6 Å².